The smallest absolute Gasteiger partial charge is 0.0702 e. The molecule has 0 amide bonds. The summed E-state index contributed by atoms with van der Waals surface area (Å²) in [5.41, 5.74) is 8.40. The maximum absolute atomic E-state index is 6.27. The summed E-state index contributed by atoms with van der Waals surface area (Å²) in [6, 6.07) is 10.3. The molecule has 1 aliphatic rings. The standard InChI is InChI=1S/C14H16N2O/c15-14(11-5-6-17-9-11)12-7-10-3-1-2-4-13(10)16-8-12/h1-4,7-8,11,14H,5-6,9,15H2. The van der Waals surface area contributed by atoms with Gasteiger partial charge in [-0.05, 0) is 24.1 Å². The van der Waals surface area contributed by atoms with Gasteiger partial charge >= 0.3 is 0 Å². The van der Waals surface area contributed by atoms with Gasteiger partial charge in [-0.1, -0.05) is 18.2 Å². The van der Waals surface area contributed by atoms with E-state index >= 15 is 0 Å². The summed E-state index contributed by atoms with van der Waals surface area (Å²) < 4.78 is 5.39. The lowest BCUT2D eigenvalue weighted by atomic mass is 9.93. The second kappa shape index (κ2) is 4.43. The van der Waals surface area contributed by atoms with Crippen LogP contribution < -0.4 is 5.73 Å². The molecule has 2 atom stereocenters. The van der Waals surface area contributed by atoms with Crippen LogP contribution in [0.4, 0.5) is 0 Å². The highest BCUT2D eigenvalue weighted by Crippen LogP contribution is 2.27. The van der Waals surface area contributed by atoms with E-state index < -0.39 is 0 Å². The van der Waals surface area contributed by atoms with Crippen molar-refractivity contribution in [3.05, 3.63) is 42.1 Å². The van der Waals surface area contributed by atoms with Gasteiger partial charge in [-0.25, -0.2) is 0 Å². The Hall–Kier alpha value is -1.45. The van der Waals surface area contributed by atoms with Crippen molar-refractivity contribution < 1.29 is 4.74 Å². The first-order chi connectivity index (χ1) is 8.34. The highest BCUT2D eigenvalue weighted by molar-refractivity contribution is 5.78. The Bertz CT molecular complexity index is 520. The minimum atomic E-state index is 0.0367. The van der Waals surface area contributed by atoms with Gasteiger partial charge < -0.3 is 10.5 Å². The summed E-state index contributed by atoms with van der Waals surface area (Å²) >= 11 is 0. The Labute approximate surface area is 101 Å². The molecule has 0 saturated carbocycles. The van der Waals surface area contributed by atoms with Crippen LogP contribution in [0.15, 0.2) is 36.5 Å². The Balaban J connectivity index is 1.94. The molecule has 0 radical (unpaired) electrons. The number of nitrogens with two attached hydrogens (primary N) is 1. The van der Waals surface area contributed by atoms with Gasteiger partial charge in [-0.2, -0.15) is 0 Å². The summed E-state index contributed by atoms with van der Waals surface area (Å²) in [6.07, 6.45) is 2.94. The lowest BCUT2D eigenvalue weighted by Crippen LogP contribution is -2.21. The molecular formula is C14H16N2O. The second-order valence-electron chi connectivity index (χ2n) is 4.61. The normalized spacial score (nSPS) is 21.8. The largest absolute Gasteiger partial charge is 0.381 e. The Morgan fingerprint density at radius 1 is 1.35 bits per heavy atom. The fraction of sp³-hybridized carbons (Fsp3) is 0.357. The zero-order chi connectivity index (χ0) is 11.7. The van der Waals surface area contributed by atoms with Gasteiger partial charge in [0.25, 0.3) is 0 Å². The maximum Gasteiger partial charge on any atom is 0.0702 e. The number of benzene rings is 1. The van der Waals surface area contributed by atoms with Crippen molar-refractivity contribution in [2.24, 2.45) is 11.7 Å². The molecule has 3 rings (SSSR count). The Morgan fingerprint density at radius 3 is 3.06 bits per heavy atom. The fourth-order valence-corrected chi connectivity index (χ4v) is 2.38. The molecule has 2 heterocycles. The number of hydrogen-bond acceptors (Lipinski definition) is 3. The third-order valence-electron chi connectivity index (χ3n) is 3.47. The molecule has 1 aliphatic heterocycles. The van der Waals surface area contributed by atoms with Crippen LogP contribution in [0, 0.1) is 5.92 Å². The molecule has 3 nitrogen and oxygen atoms in total. The van der Waals surface area contributed by atoms with Gasteiger partial charge in [0.05, 0.1) is 12.1 Å². The van der Waals surface area contributed by atoms with E-state index in [4.69, 9.17) is 10.5 Å². The van der Waals surface area contributed by atoms with E-state index in [0.717, 1.165) is 36.1 Å². The summed E-state index contributed by atoms with van der Waals surface area (Å²) in [5, 5.41) is 1.15. The van der Waals surface area contributed by atoms with Crippen LogP contribution in [0.25, 0.3) is 10.9 Å². The number of pyridine rings is 1. The van der Waals surface area contributed by atoms with Crippen molar-refractivity contribution in [3.8, 4) is 0 Å². The van der Waals surface area contributed by atoms with Gasteiger partial charge in [0.1, 0.15) is 0 Å². The van der Waals surface area contributed by atoms with E-state index in [9.17, 15) is 0 Å². The molecule has 0 spiro atoms. The molecule has 1 aromatic carbocycles. The van der Waals surface area contributed by atoms with Crippen molar-refractivity contribution in [3.63, 3.8) is 0 Å². The first-order valence-electron chi connectivity index (χ1n) is 6.02. The Morgan fingerprint density at radius 2 is 2.24 bits per heavy atom. The lowest BCUT2D eigenvalue weighted by molar-refractivity contribution is 0.181. The minimum absolute atomic E-state index is 0.0367. The van der Waals surface area contributed by atoms with Crippen molar-refractivity contribution in [2.45, 2.75) is 12.5 Å². The first kappa shape index (κ1) is 10.7. The summed E-state index contributed by atoms with van der Waals surface area (Å²) in [7, 11) is 0. The van der Waals surface area contributed by atoms with Crippen molar-refractivity contribution in [1.29, 1.82) is 0 Å². The zero-order valence-corrected chi connectivity index (χ0v) is 9.67. The highest BCUT2D eigenvalue weighted by Gasteiger charge is 2.24. The number of nitrogens with zero attached hydrogens (tertiary/aromatic N) is 1. The maximum atomic E-state index is 6.27. The molecule has 0 bridgehead atoms. The third kappa shape index (κ3) is 2.04. The second-order valence-corrected chi connectivity index (χ2v) is 4.61. The van der Waals surface area contributed by atoms with E-state index in [0.29, 0.717) is 5.92 Å². The number of para-hydroxylation sites is 1. The predicted octanol–water partition coefficient (Wildman–Crippen LogP) is 2.27. The summed E-state index contributed by atoms with van der Waals surface area (Å²) in [4.78, 5) is 4.45. The van der Waals surface area contributed by atoms with Gasteiger partial charge in [0.2, 0.25) is 0 Å². The minimum Gasteiger partial charge on any atom is -0.381 e. The van der Waals surface area contributed by atoms with Crippen LogP contribution in [0.2, 0.25) is 0 Å². The highest BCUT2D eigenvalue weighted by atomic mass is 16.5. The molecule has 0 aliphatic carbocycles. The van der Waals surface area contributed by atoms with Gasteiger partial charge in [-0.15, -0.1) is 0 Å². The number of aromatic nitrogens is 1. The first-order valence-corrected chi connectivity index (χ1v) is 6.02. The van der Waals surface area contributed by atoms with Crippen molar-refractivity contribution in [2.75, 3.05) is 13.2 Å². The molecule has 1 saturated heterocycles. The number of fused-ring (bicyclic) bond motifs is 1. The molecule has 2 aromatic rings. The quantitative estimate of drug-likeness (QED) is 0.857. The summed E-state index contributed by atoms with van der Waals surface area (Å²) in [6.45, 7) is 1.60. The number of ether oxygens (including phenoxy) is 1. The topological polar surface area (TPSA) is 48.1 Å². The molecule has 2 N–H and O–H groups in total. The van der Waals surface area contributed by atoms with Crippen LogP contribution in [0.1, 0.15) is 18.0 Å². The van der Waals surface area contributed by atoms with Crippen LogP contribution in [0.5, 0.6) is 0 Å². The number of hydrogen-bond donors (Lipinski definition) is 1. The monoisotopic (exact) mass is 228 g/mol. The number of rotatable bonds is 2. The molecule has 1 fully saturated rings. The van der Waals surface area contributed by atoms with Crippen LogP contribution in [-0.4, -0.2) is 18.2 Å². The van der Waals surface area contributed by atoms with Gasteiger partial charge in [-0.3, -0.25) is 4.98 Å². The molecule has 17 heavy (non-hydrogen) atoms. The van der Waals surface area contributed by atoms with E-state index in [-0.39, 0.29) is 6.04 Å². The average molecular weight is 228 g/mol. The van der Waals surface area contributed by atoms with Gasteiger partial charge in [0, 0.05) is 30.1 Å². The van der Waals surface area contributed by atoms with Crippen LogP contribution in [-0.2, 0) is 4.74 Å². The van der Waals surface area contributed by atoms with Crippen LogP contribution >= 0.6 is 0 Å². The van der Waals surface area contributed by atoms with Crippen molar-refractivity contribution in [1.82, 2.24) is 4.98 Å². The average Bonchev–Trinajstić information content (AvgIpc) is 2.91. The van der Waals surface area contributed by atoms with Gasteiger partial charge in [0.15, 0.2) is 0 Å². The van der Waals surface area contributed by atoms with E-state index in [2.05, 4.69) is 17.1 Å². The van der Waals surface area contributed by atoms with E-state index in [1.165, 1.54) is 0 Å². The molecule has 3 heteroatoms. The van der Waals surface area contributed by atoms with E-state index in [1.807, 2.05) is 24.4 Å². The predicted molar refractivity (Wildman–Crippen MR) is 67.6 cm³/mol. The van der Waals surface area contributed by atoms with Crippen LogP contribution in [0.3, 0.4) is 0 Å². The van der Waals surface area contributed by atoms with E-state index in [1.54, 1.807) is 0 Å². The molecule has 2 unspecified atom stereocenters. The molecular weight excluding hydrogens is 212 g/mol. The van der Waals surface area contributed by atoms with Crippen molar-refractivity contribution >= 4 is 10.9 Å². The summed E-state index contributed by atoms with van der Waals surface area (Å²) in [5.74, 6) is 0.429. The third-order valence-corrected chi connectivity index (χ3v) is 3.47. The molecule has 1 aromatic heterocycles. The molecule has 88 valence electrons. The lowest BCUT2D eigenvalue weighted by Gasteiger charge is -2.17. The SMILES string of the molecule is NC(c1cnc2ccccc2c1)C1CCOC1. The Kier molecular flexibility index (Phi) is 2.79. The zero-order valence-electron chi connectivity index (χ0n) is 9.67. The fourth-order valence-electron chi connectivity index (χ4n) is 2.38.